The van der Waals surface area contributed by atoms with Crippen LogP contribution in [-0.2, 0) is 4.79 Å². The Morgan fingerprint density at radius 1 is 1.40 bits per heavy atom. The number of benzene rings is 1. The smallest absolute Gasteiger partial charge is 0.152 e. The van der Waals surface area contributed by atoms with Gasteiger partial charge in [0, 0.05) is 0 Å². The lowest BCUT2D eigenvalue weighted by atomic mass is 10.2. The molecule has 1 aromatic carbocycles. The van der Waals surface area contributed by atoms with Gasteiger partial charge >= 0.3 is 0 Å². The SMILES string of the molecule is CC(=O)C(C)n1c(C)nc2ccccc21. The van der Waals surface area contributed by atoms with Gasteiger partial charge in [0.25, 0.3) is 0 Å². The quantitative estimate of drug-likeness (QED) is 0.750. The number of nitrogens with zero attached hydrogens (tertiary/aromatic N) is 2. The molecule has 0 aliphatic rings. The van der Waals surface area contributed by atoms with E-state index in [1.807, 2.05) is 42.7 Å². The predicted octanol–water partition coefficient (Wildman–Crippen LogP) is 2.49. The number of hydrogen-bond donors (Lipinski definition) is 0. The molecule has 0 spiro atoms. The van der Waals surface area contributed by atoms with Crippen molar-refractivity contribution < 1.29 is 4.79 Å². The third-order valence-electron chi connectivity index (χ3n) is 2.75. The van der Waals surface area contributed by atoms with E-state index in [2.05, 4.69) is 4.98 Å². The van der Waals surface area contributed by atoms with Crippen molar-refractivity contribution in [2.24, 2.45) is 0 Å². The molecule has 78 valence electrons. The van der Waals surface area contributed by atoms with Gasteiger partial charge in [-0.15, -0.1) is 0 Å². The van der Waals surface area contributed by atoms with Gasteiger partial charge < -0.3 is 4.57 Å². The molecule has 2 rings (SSSR count). The Kier molecular flexibility index (Phi) is 2.31. The van der Waals surface area contributed by atoms with Crippen molar-refractivity contribution in [1.29, 1.82) is 0 Å². The lowest BCUT2D eigenvalue weighted by molar-refractivity contribution is -0.119. The van der Waals surface area contributed by atoms with E-state index in [1.54, 1.807) is 6.92 Å². The van der Waals surface area contributed by atoms with Crippen LogP contribution < -0.4 is 0 Å². The molecule has 0 amide bonds. The van der Waals surface area contributed by atoms with Crippen LogP contribution in [0.4, 0.5) is 0 Å². The van der Waals surface area contributed by atoms with Crippen LogP contribution in [0.2, 0.25) is 0 Å². The Balaban J connectivity index is 2.68. The van der Waals surface area contributed by atoms with Gasteiger partial charge in [0.05, 0.1) is 17.1 Å². The summed E-state index contributed by atoms with van der Waals surface area (Å²) in [4.78, 5) is 15.8. The van der Waals surface area contributed by atoms with Crippen molar-refractivity contribution in [2.75, 3.05) is 0 Å². The molecule has 0 fully saturated rings. The van der Waals surface area contributed by atoms with Gasteiger partial charge in [-0.25, -0.2) is 4.98 Å². The molecule has 0 radical (unpaired) electrons. The highest BCUT2D eigenvalue weighted by atomic mass is 16.1. The van der Waals surface area contributed by atoms with Gasteiger partial charge in [0.15, 0.2) is 5.78 Å². The Labute approximate surface area is 88.7 Å². The molecule has 0 aliphatic carbocycles. The van der Waals surface area contributed by atoms with Crippen LogP contribution in [0.25, 0.3) is 11.0 Å². The largest absolute Gasteiger partial charge is 0.318 e. The van der Waals surface area contributed by atoms with Gasteiger partial charge in [-0.3, -0.25) is 4.79 Å². The molecular formula is C12H14N2O. The maximum atomic E-state index is 11.4. The summed E-state index contributed by atoms with van der Waals surface area (Å²) in [5, 5.41) is 0. The molecule has 1 heterocycles. The summed E-state index contributed by atoms with van der Waals surface area (Å²) < 4.78 is 1.98. The second kappa shape index (κ2) is 3.50. The Bertz CT molecular complexity index is 513. The van der Waals surface area contributed by atoms with Crippen LogP contribution in [0.3, 0.4) is 0 Å². The minimum absolute atomic E-state index is 0.141. The molecular weight excluding hydrogens is 188 g/mol. The fourth-order valence-electron chi connectivity index (χ4n) is 1.84. The fraction of sp³-hybridized carbons (Fsp3) is 0.333. The highest BCUT2D eigenvalue weighted by Gasteiger charge is 2.15. The van der Waals surface area contributed by atoms with Gasteiger partial charge in [0.2, 0.25) is 0 Å². The van der Waals surface area contributed by atoms with Crippen molar-refractivity contribution >= 4 is 16.8 Å². The second-order valence-electron chi connectivity index (χ2n) is 3.80. The number of rotatable bonds is 2. The average molecular weight is 202 g/mol. The highest BCUT2D eigenvalue weighted by Crippen LogP contribution is 2.20. The van der Waals surface area contributed by atoms with Crippen LogP contribution in [0, 0.1) is 6.92 Å². The number of ketones is 1. The number of carbonyl (C=O) groups excluding carboxylic acids is 1. The van der Waals surface area contributed by atoms with E-state index in [4.69, 9.17) is 0 Å². The van der Waals surface area contributed by atoms with Crippen LogP contribution in [-0.4, -0.2) is 15.3 Å². The van der Waals surface area contributed by atoms with E-state index >= 15 is 0 Å². The Hall–Kier alpha value is -1.64. The van der Waals surface area contributed by atoms with Gasteiger partial charge in [-0.2, -0.15) is 0 Å². The highest BCUT2D eigenvalue weighted by molar-refractivity contribution is 5.83. The van der Waals surface area contributed by atoms with Crippen LogP contribution in [0.15, 0.2) is 24.3 Å². The number of imidazole rings is 1. The number of Topliss-reactive ketones (excluding diaryl/α,β-unsaturated/α-hetero) is 1. The molecule has 0 saturated carbocycles. The lowest BCUT2D eigenvalue weighted by Crippen LogP contribution is -2.14. The molecule has 1 atom stereocenters. The molecule has 0 aliphatic heterocycles. The number of hydrogen-bond acceptors (Lipinski definition) is 2. The van der Waals surface area contributed by atoms with E-state index in [0.717, 1.165) is 16.9 Å². The van der Waals surface area contributed by atoms with Crippen molar-refractivity contribution in [3.63, 3.8) is 0 Å². The zero-order valence-corrected chi connectivity index (χ0v) is 9.19. The molecule has 3 heteroatoms. The molecule has 0 saturated heterocycles. The fourth-order valence-corrected chi connectivity index (χ4v) is 1.84. The lowest BCUT2D eigenvalue weighted by Gasteiger charge is -2.12. The first kappa shape index (κ1) is 9.90. The Morgan fingerprint density at radius 3 is 2.73 bits per heavy atom. The van der Waals surface area contributed by atoms with Crippen LogP contribution in [0.1, 0.15) is 25.7 Å². The summed E-state index contributed by atoms with van der Waals surface area (Å²) in [5.74, 6) is 1.04. The minimum Gasteiger partial charge on any atom is -0.318 e. The zero-order chi connectivity index (χ0) is 11.0. The van der Waals surface area contributed by atoms with Gasteiger partial charge in [-0.1, -0.05) is 12.1 Å². The molecule has 1 aromatic heterocycles. The summed E-state index contributed by atoms with van der Waals surface area (Å²) in [6.07, 6.45) is 0. The van der Waals surface area contributed by atoms with Crippen LogP contribution in [0.5, 0.6) is 0 Å². The molecule has 3 nitrogen and oxygen atoms in total. The third kappa shape index (κ3) is 1.54. The van der Waals surface area contributed by atoms with Gasteiger partial charge in [-0.05, 0) is 32.9 Å². The van der Waals surface area contributed by atoms with E-state index < -0.39 is 0 Å². The molecule has 0 bridgehead atoms. The number of para-hydroxylation sites is 2. The van der Waals surface area contributed by atoms with E-state index in [1.165, 1.54) is 0 Å². The third-order valence-corrected chi connectivity index (χ3v) is 2.75. The number of fused-ring (bicyclic) bond motifs is 1. The second-order valence-corrected chi connectivity index (χ2v) is 3.80. The number of aryl methyl sites for hydroxylation is 1. The van der Waals surface area contributed by atoms with E-state index in [0.29, 0.717) is 0 Å². The number of aromatic nitrogens is 2. The van der Waals surface area contributed by atoms with Crippen molar-refractivity contribution in [2.45, 2.75) is 26.8 Å². The van der Waals surface area contributed by atoms with E-state index in [-0.39, 0.29) is 11.8 Å². The van der Waals surface area contributed by atoms with Crippen molar-refractivity contribution in [1.82, 2.24) is 9.55 Å². The topological polar surface area (TPSA) is 34.9 Å². The molecule has 2 aromatic rings. The summed E-state index contributed by atoms with van der Waals surface area (Å²) in [6.45, 7) is 5.45. The molecule has 15 heavy (non-hydrogen) atoms. The normalized spacial score (nSPS) is 13.0. The first-order valence-corrected chi connectivity index (χ1v) is 5.05. The maximum Gasteiger partial charge on any atom is 0.152 e. The van der Waals surface area contributed by atoms with Gasteiger partial charge in [0.1, 0.15) is 5.82 Å². The molecule has 0 N–H and O–H groups in total. The summed E-state index contributed by atoms with van der Waals surface area (Å²) in [5.41, 5.74) is 1.97. The first-order chi connectivity index (χ1) is 7.11. The summed E-state index contributed by atoms with van der Waals surface area (Å²) in [6, 6.07) is 7.74. The minimum atomic E-state index is -0.141. The number of carbonyl (C=O) groups is 1. The zero-order valence-electron chi connectivity index (χ0n) is 9.19. The van der Waals surface area contributed by atoms with E-state index in [9.17, 15) is 4.79 Å². The Morgan fingerprint density at radius 2 is 2.07 bits per heavy atom. The first-order valence-electron chi connectivity index (χ1n) is 5.05. The standard InChI is InChI=1S/C12H14N2O/c1-8(9(2)15)14-10(3)13-11-6-4-5-7-12(11)14/h4-8H,1-3H3. The van der Waals surface area contributed by atoms with Crippen LogP contribution >= 0.6 is 0 Å². The summed E-state index contributed by atoms with van der Waals surface area (Å²) in [7, 11) is 0. The molecule has 1 unspecified atom stereocenters. The average Bonchev–Trinajstić information content (AvgIpc) is 2.52. The summed E-state index contributed by atoms with van der Waals surface area (Å²) >= 11 is 0. The van der Waals surface area contributed by atoms with Crippen molar-refractivity contribution in [3.8, 4) is 0 Å². The predicted molar refractivity (Wildman–Crippen MR) is 59.9 cm³/mol. The van der Waals surface area contributed by atoms with Crippen molar-refractivity contribution in [3.05, 3.63) is 30.1 Å². The monoisotopic (exact) mass is 202 g/mol. The maximum absolute atomic E-state index is 11.4.